The molecule has 0 fully saturated rings. The Labute approximate surface area is 158 Å². The van der Waals surface area contributed by atoms with Gasteiger partial charge in [0.05, 0.1) is 17.8 Å². The van der Waals surface area contributed by atoms with Gasteiger partial charge >= 0.3 is 0 Å². The molecule has 6 nitrogen and oxygen atoms in total. The Hall–Kier alpha value is -1.61. The number of allylic oxidation sites excluding steroid dienone is 3. The summed E-state index contributed by atoms with van der Waals surface area (Å²) in [5.41, 5.74) is 4.64. The van der Waals surface area contributed by atoms with Crippen LogP contribution in [0, 0.1) is 0 Å². The summed E-state index contributed by atoms with van der Waals surface area (Å²) in [5, 5.41) is 3.31. The fourth-order valence-corrected chi connectivity index (χ4v) is 5.01. The summed E-state index contributed by atoms with van der Waals surface area (Å²) in [6.45, 7) is 3.68. The lowest BCUT2D eigenvalue weighted by Gasteiger charge is -2.25. The van der Waals surface area contributed by atoms with E-state index in [1.165, 1.54) is 17.7 Å². The van der Waals surface area contributed by atoms with Crippen LogP contribution in [0.15, 0.2) is 52.9 Å². The standard InChI is InChI=1S/C16H18N4O2S2.ClH/c1-11-2-5-16(15-10-18-23-20(11)15)24(21,22)19-14-4-3-12-6-7-17-9-13(12)8-14;/h2-5,8,10,17-19H,6-7,9H2,1H3;1H. The molecule has 134 valence electrons. The van der Waals surface area contributed by atoms with Crippen molar-refractivity contribution in [2.45, 2.75) is 19.9 Å². The number of hydrogen-bond acceptors (Lipinski definition) is 6. The number of anilines is 1. The zero-order valence-electron chi connectivity index (χ0n) is 13.6. The second-order valence-corrected chi connectivity index (χ2v) is 8.32. The number of sulfonamides is 1. The summed E-state index contributed by atoms with van der Waals surface area (Å²) in [6, 6.07) is 5.75. The molecule has 0 amide bonds. The normalized spacial score (nSPS) is 18.8. The molecule has 3 aliphatic rings. The van der Waals surface area contributed by atoms with Crippen LogP contribution < -0.4 is 14.8 Å². The molecule has 0 radical (unpaired) electrons. The minimum absolute atomic E-state index is 0. The van der Waals surface area contributed by atoms with Gasteiger partial charge in [-0.05, 0) is 55.3 Å². The highest BCUT2D eigenvalue weighted by atomic mass is 35.5. The minimum Gasteiger partial charge on any atom is -0.316 e. The second kappa shape index (κ2) is 6.95. The smallest absolute Gasteiger partial charge is 0.264 e. The fourth-order valence-electron chi connectivity index (χ4n) is 3.01. The molecule has 0 saturated carbocycles. The zero-order chi connectivity index (χ0) is 16.7. The van der Waals surface area contributed by atoms with E-state index < -0.39 is 10.0 Å². The van der Waals surface area contributed by atoms with Crippen LogP contribution >= 0.6 is 24.5 Å². The third-order valence-electron chi connectivity index (χ3n) is 4.24. The third-order valence-corrected chi connectivity index (χ3v) is 6.56. The molecule has 3 N–H and O–H groups in total. The Bertz CT molecular complexity index is 893. The molecule has 0 aliphatic carbocycles. The van der Waals surface area contributed by atoms with E-state index in [2.05, 4.69) is 14.8 Å². The Morgan fingerprint density at radius 2 is 2.08 bits per heavy atom. The van der Waals surface area contributed by atoms with Gasteiger partial charge in [0.15, 0.2) is 0 Å². The highest BCUT2D eigenvalue weighted by Gasteiger charge is 2.31. The van der Waals surface area contributed by atoms with E-state index >= 15 is 0 Å². The predicted octanol–water partition coefficient (Wildman–Crippen LogP) is 2.61. The first-order valence-corrected chi connectivity index (χ1v) is 9.97. The molecule has 3 heterocycles. The first-order chi connectivity index (χ1) is 11.5. The predicted molar refractivity (Wildman–Crippen MR) is 104 cm³/mol. The van der Waals surface area contributed by atoms with Gasteiger partial charge < -0.3 is 10.0 Å². The third kappa shape index (κ3) is 3.39. The van der Waals surface area contributed by atoms with Gasteiger partial charge in [-0.2, -0.15) is 0 Å². The van der Waals surface area contributed by atoms with Crippen molar-refractivity contribution in [3.8, 4) is 0 Å². The lowest BCUT2D eigenvalue weighted by molar-refractivity contribution is 0.604. The number of nitrogens with zero attached hydrogens (tertiary/aromatic N) is 1. The molecular weight excluding hydrogens is 380 g/mol. The van der Waals surface area contributed by atoms with Gasteiger partial charge in [-0.25, -0.2) is 8.42 Å². The average Bonchev–Trinajstić information content (AvgIpc) is 3.05. The van der Waals surface area contributed by atoms with Crippen LogP contribution in [-0.2, 0) is 23.0 Å². The van der Waals surface area contributed by atoms with Crippen molar-refractivity contribution in [2.75, 3.05) is 11.3 Å². The Morgan fingerprint density at radius 3 is 2.92 bits per heavy atom. The van der Waals surface area contributed by atoms with Gasteiger partial charge in [0.25, 0.3) is 10.0 Å². The molecule has 4 rings (SSSR count). The van der Waals surface area contributed by atoms with E-state index in [0.29, 0.717) is 11.4 Å². The lowest BCUT2D eigenvalue weighted by atomic mass is 10.0. The molecular formula is C16H19ClN4O2S2. The second-order valence-electron chi connectivity index (χ2n) is 5.89. The van der Waals surface area contributed by atoms with Crippen LogP contribution in [0.4, 0.5) is 5.69 Å². The Kier molecular flexibility index (Phi) is 5.06. The highest BCUT2D eigenvalue weighted by Crippen LogP contribution is 2.37. The molecule has 3 aliphatic heterocycles. The molecule has 0 aromatic heterocycles. The maximum atomic E-state index is 12.8. The molecule has 25 heavy (non-hydrogen) atoms. The number of benzene rings is 1. The maximum Gasteiger partial charge on any atom is 0.264 e. The van der Waals surface area contributed by atoms with Gasteiger partial charge in [-0.1, -0.05) is 6.07 Å². The number of hydrogen-bond donors (Lipinski definition) is 3. The summed E-state index contributed by atoms with van der Waals surface area (Å²) in [7, 11) is -3.66. The molecule has 0 spiro atoms. The summed E-state index contributed by atoms with van der Waals surface area (Å²) in [5.74, 6) is 0. The Balaban J connectivity index is 0.00000182. The highest BCUT2D eigenvalue weighted by molar-refractivity contribution is 7.97. The maximum absolute atomic E-state index is 12.8. The van der Waals surface area contributed by atoms with E-state index in [0.717, 1.165) is 30.8 Å². The van der Waals surface area contributed by atoms with Crippen LogP contribution in [0.5, 0.6) is 0 Å². The van der Waals surface area contributed by atoms with Crippen LogP contribution in [0.2, 0.25) is 0 Å². The van der Waals surface area contributed by atoms with E-state index in [-0.39, 0.29) is 17.3 Å². The summed E-state index contributed by atoms with van der Waals surface area (Å²) < 4.78 is 33.3. The van der Waals surface area contributed by atoms with Gasteiger partial charge in [0, 0.05) is 24.1 Å². The van der Waals surface area contributed by atoms with E-state index in [9.17, 15) is 8.42 Å². The van der Waals surface area contributed by atoms with Crippen molar-refractivity contribution < 1.29 is 8.42 Å². The number of fused-ring (bicyclic) bond motifs is 2. The van der Waals surface area contributed by atoms with Crippen molar-refractivity contribution in [2.24, 2.45) is 0 Å². The molecule has 0 atom stereocenters. The van der Waals surface area contributed by atoms with Crippen molar-refractivity contribution >= 4 is 40.3 Å². The molecule has 0 unspecified atom stereocenters. The SMILES string of the molecule is CC1=CC=C(S(=O)(=O)Nc2ccc3c(c2)CNCC3)C2=CNSN12.Cl. The molecule has 1 aromatic carbocycles. The van der Waals surface area contributed by atoms with E-state index in [1.54, 1.807) is 12.3 Å². The van der Waals surface area contributed by atoms with Crippen LogP contribution in [-0.4, -0.2) is 19.3 Å². The van der Waals surface area contributed by atoms with E-state index in [1.807, 2.05) is 35.5 Å². The molecule has 1 aromatic rings. The molecule has 9 heteroatoms. The van der Waals surface area contributed by atoms with Crippen molar-refractivity contribution in [1.82, 2.24) is 14.3 Å². The lowest BCUT2D eigenvalue weighted by Crippen LogP contribution is -2.25. The van der Waals surface area contributed by atoms with Crippen molar-refractivity contribution in [1.29, 1.82) is 0 Å². The fraction of sp³-hybridized carbons (Fsp3) is 0.250. The molecule has 0 bridgehead atoms. The zero-order valence-corrected chi connectivity index (χ0v) is 16.0. The summed E-state index contributed by atoms with van der Waals surface area (Å²) in [6.07, 6.45) is 6.14. The minimum atomic E-state index is -3.66. The first kappa shape index (κ1) is 18.2. The monoisotopic (exact) mass is 398 g/mol. The van der Waals surface area contributed by atoms with Gasteiger partial charge in [-0.15, -0.1) is 12.4 Å². The quantitative estimate of drug-likeness (QED) is 0.680. The number of rotatable bonds is 3. The van der Waals surface area contributed by atoms with Gasteiger partial charge in [0.2, 0.25) is 0 Å². The summed E-state index contributed by atoms with van der Waals surface area (Å²) in [4.78, 5) is 0.265. The Morgan fingerprint density at radius 1 is 1.24 bits per heavy atom. The van der Waals surface area contributed by atoms with Crippen LogP contribution in [0.25, 0.3) is 0 Å². The first-order valence-electron chi connectivity index (χ1n) is 7.72. The summed E-state index contributed by atoms with van der Waals surface area (Å²) >= 11 is 1.36. The van der Waals surface area contributed by atoms with Crippen molar-refractivity contribution in [3.05, 3.63) is 64.0 Å². The largest absolute Gasteiger partial charge is 0.316 e. The van der Waals surface area contributed by atoms with Crippen molar-refractivity contribution in [3.63, 3.8) is 0 Å². The van der Waals surface area contributed by atoms with Gasteiger partial charge in [0.1, 0.15) is 4.91 Å². The number of nitrogens with one attached hydrogen (secondary N) is 3. The number of halogens is 1. The topological polar surface area (TPSA) is 73.5 Å². The average molecular weight is 399 g/mol. The van der Waals surface area contributed by atoms with Crippen LogP contribution in [0.1, 0.15) is 18.1 Å². The van der Waals surface area contributed by atoms with Gasteiger partial charge in [-0.3, -0.25) is 9.03 Å². The van der Waals surface area contributed by atoms with E-state index in [4.69, 9.17) is 0 Å². The molecule has 0 saturated heterocycles. The van der Waals surface area contributed by atoms with Crippen LogP contribution in [0.3, 0.4) is 0 Å².